The zero-order valence-electron chi connectivity index (χ0n) is 41.3. The predicted molar refractivity (Wildman–Crippen MR) is 261 cm³/mol. The van der Waals surface area contributed by atoms with E-state index in [1.807, 2.05) is 72.1 Å². The Morgan fingerprint density at radius 2 is 0.847 bits per heavy atom. The SMILES string of the molecule is CC(C(=O)N1CCC(C2CC2c2cc(-c3noc([C@@H](C)C(=O)N4CCC(C5CC5c5cc(-c6noc([C@H](C)C(=O)N7CCCCC7)n6)ccn5)CC4)n3)ccn2)CC1)c1nc(-c2ccnc(C3CC3)c2)no1. The Balaban J connectivity index is 0.598. The number of carbonyl (C=O) groups excluding carboxylic acids is 3. The molecule has 3 aliphatic carbocycles. The van der Waals surface area contributed by atoms with Crippen LogP contribution in [0.5, 0.6) is 0 Å². The van der Waals surface area contributed by atoms with Crippen molar-refractivity contribution in [3.63, 3.8) is 0 Å². The van der Waals surface area contributed by atoms with Crippen LogP contribution >= 0.6 is 0 Å². The summed E-state index contributed by atoms with van der Waals surface area (Å²) >= 11 is 0. The number of likely N-dealkylation sites (tertiary alicyclic amines) is 3. The molecule has 18 nitrogen and oxygen atoms in total. The van der Waals surface area contributed by atoms with Crippen molar-refractivity contribution in [2.75, 3.05) is 39.3 Å². The molecule has 0 spiro atoms. The average molecular weight is 975 g/mol. The van der Waals surface area contributed by atoms with Crippen LogP contribution in [0.25, 0.3) is 34.2 Å². The normalized spacial score (nSPS) is 24.0. The maximum atomic E-state index is 13.8. The summed E-state index contributed by atoms with van der Waals surface area (Å²) in [5.41, 5.74) is 5.62. The Hall–Kier alpha value is -6.72. The number of hydrogen-bond acceptors (Lipinski definition) is 15. The van der Waals surface area contributed by atoms with E-state index in [2.05, 4.69) is 42.6 Å². The van der Waals surface area contributed by atoms with Gasteiger partial charge < -0.3 is 28.3 Å². The van der Waals surface area contributed by atoms with Crippen molar-refractivity contribution in [3.8, 4) is 34.2 Å². The molecule has 6 fully saturated rings. The molecule has 6 aliphatic rings. The summed E-state index contributed by atoms with van der Waals surface area (Å²) in [6.07, 6.45) is 16.8. The van der Waals surface area contributed by atoms with Crippen LogP contribution in [0.4, 0.5) is 0 Å². The van der Waals surface area contributed by atoms with E-state index in [4.69, 9.17) is 28.5 Å². The number of pyridine rings is 3. The topological polar surface area (TPSA) is 216 Å². The van der Waals surface area contributed by atoms with Crippen molar-refractivity contribution in [1.82, 2.24) is 60.1 Å². The van der Waals surface area contributed by atoms with E-state index in [1.54, 1.807) is 6.20 Å². The molecule has 0 N–H and O–H groups in total. The summed E-state index contributed by atoms with van der Waals surface area (Å²) in [5, 5.41) is 12.8. The lowest BCUT2D eigenvalue weighted by atomic mass is 9.89. The second kappa shape index (κ2) is 19.4. The lowest BCUT2D eigenvalue weighted by Crippen LogP contribution is -2.41. The zero-order chi connectivity index (χ0) is 49.0. The molecule has 0 aromatic carbocycles. The molecule has 3 saturated carbocycles. The molecule has 3 saturated heterocycles. The zero-order valence-corrected chi connectivity index (χ0v) is 41.3. The first-order chi connectivity index (χ1) is 35.1. The highest BCUT2D eigenvalue weighted by Crippen LogP contribution is 2.55. The Kier molecular flexibility index (Phi) is 12.5. The van der Waals surface area contributed by atoms with E-state index in [1.165, 1.54) is 0 Å². The minimum absolute atomic E-state index is 0.00193. The van der Waals surface area contributed by atoms with Gasteiger partial charge in [0.25, 0.3) is 0 Å². The van der Waals surface area contributed by atoms with Gasteiger partial charge in [0.15, 0.2) is 0 Å². The summed E-state index contributed by atoms with van der Waals surface area (Å²) in [7, 11) is 0. The maximum Gasteiger partial charge on any atom is 0.239 e. The van der Waals surface area contributed by atoms with Crippen LogP contribution in [0.15, 0.2) is 68.6 Å². The van der Waals surface area contributed by atoms with E-state index in [0.717, 1.165) is 117 Å². The summed E-state index contributed by atoms with van der Waals surface area (Å²) in [4.78, 5) is 74.3. The molecule has 3 amide bonds. The first-order valence-electron chi connectivity index (χ1n) is 26.4. The number of carbonyl (C=O) groups is 3. The van der Waals surface area contributed by atoms with Gasteiger partial charge >= 0.3 is 0 Å². The van der Waals surface area contributed by atoms with Crippen molar-refractivity contribution >= 4 is 17.7 Å². The summed E-state index contributed by atoms with van der Waals surface area (Å²) in [6.45, 7) is 9.88. The van der Waals surface area contributed by atoms with Gasteiger partial charge in [-0.2, -0.15) is 15.0 Å². The minimum Gasteiger partial charge on any atom is -0.342 e. The van der Waals surface area contributed by atoms with Gasteiger partial charge in [-0.1, -0.05) is 15.5 Å². The van der Waals surface area contributed by atoms with Crippen LogP contribution in [0.2, 0.25) is 0 Å². The number of rotatable bonds is 14. The third-order valence-electron chi connectivity index (χ3n) is 16.7. The highest BCUT2D eigenvalue weighted by atomic mass is 16.5. The van der Waals surface area contributed by atoms with Crippen LogP contribution in [0, 0.1) is 23.7 Å². The minimum atomic E-state index is -0.563. The average Bonchev–Trinajstić information content (AvgIpc) is 4.41. The first kappa shape index (κ1) is 46.4. The molecular formula is C54H62N12O6. The third-order valence-corrected chi connectivity index (χ3v) is 16.7. The lowest BCUT2D eigenvalue weighted by molar-refractivity contribution is -0.135. The van der Waals surface area contributed by atoms with Crippen molar-refractivity contribution in [2.45, 2.75) is 127 Å². The molecule has 6 aromatic heterocycles. The van der Waals surface area contributed by atoms with Gasteiger partial charge in [-0.15, -0.1) is 0 Å². The number of aromatic nitrogens is 9. The van der Waals surface area contributed by atoms with Crippen LogP contribution in [-0.4, -0.2) is 117 Å². The van der Waals surface area contributed by atoms with Crippen LogP contribution in [0.3, 0.4) is 0 Å². The molecule has 18 heteroatoms. The molecular weight excluding hydrogens is 913 g/mol. The fourth-order valence-corrected chi connectivity index (χ4v) is 11.9. The highest BCUT2D eigenvalue weighted by molar-refractivity contribution is 5.83. The molecule has 9 heterocycles. The second-order valence-electron chi connectivity index (χ2n) is 21.4. The van der Waals surface area contributed by atoms with Gasteiger partial charge in [-0.05, 0) is 151 Å². The molecule has 12 rings (SSSR count). The summed E-state index contributed by atoms with van der Waals surface area (Å²) < 4.78 is 16.9. The summed E-state index contributed by atoms with van der Waals surface area (Å²) in [6, 6.07) is 11.8. The van der Waals surface area contributed by atoms with Crippen molar-refractivity contribution in [1.29, 1.82) is 0 Å². The van der Waals surface area contributed by atoms with Crippen LogP contribution < -0.4 is 0 Å². The number of hydrogen-bond donors (Lipinski definition) is 0. The smallest absolute Gasteiger partial charge is 0.239 e. The largest absolute Gasteiger partial charge is 0.342 e. The Bertz CT molecular complexity index is 2940. The first-order valence-corrected chi connectivity index (χ1v) is 26.4. The van der Waals surface area contributed by atoms with Crippen LogP contribution in [-0.2, 0) is 14.4 Å². The number of piperidine rings is 3. The molecule has 374 valence electrons. The highest BCUT2D eigenvalue weighted by Gasteiger charge is 2.47. The third kappa shape index (κ3) is 9.44. The Morgan fingerprint density at radius 1 is 0.486 bits per heavy atom. The van der Waals surface area contributed by atoms with E-state index in [0.29, 0.717) is 103 Å². The van der Waals surface area contributed by atoms with Crippen molar-refractivity contribution < 1.29 is 28.0 Å². The van der Waals surface area contributed by atoms with E-state index in [-0.39, 0.29) is 17.7 Å². The van der Waals surface area contributed by atoms with E-state index in [9.17, 15) is 14.4 Å². The van der Waals surface area contributed by atoms with Crippen molar-refractivity contribution in [3.05, 3.63) is 89.7 Å². The monoisotopic (exact) mass is 974 g/mol. The Labute approximate surface area is 418 Å². The fourth-order valence-electron chi connectivity index (χ4n) is 11.9. The molecule has 72 heavy (non-hydrogen) atoms. The molecule has 7 atom stereocenters. The van der Waals surface area contributed by atoms with Gasteiger partial charge in [0.05, 0.1) is 0 Å². The number of nitrogens with zero attached hydrogens (tertiary/aromatic N) is 12. The fraction of sp³-hybridized carbons (Fsp3) is 0.556. The van der Waals surface area contributed by atoms with E-state index < -0.39 is 17.8 Å². The molecule has 0 bridgehead atoms. The quantitative estimate of drug-likeness (QED) is 0.100. The van der Waals surface area contributed by atoms with Gasteiger partial charge in [0, 0.05) is 109 Å². The standard InChI is InChI=1S/C54H62N12O6/c1-30(52(67)64-19-5-4-6-20-64)49-59-47(62-70-49)37-10-17-56-44(26-37)41-28-39(41)34-14-23-66(24-15-34)54(69)32(3)51-60-48(63-72-51)38-11-18-57-45(27-38)42-29-40(42)33-12-21-65(22-13-33)53(68)31(2)50-58-46(61-71-50)36-9-16-55-43(25-36)35-7-8-35/h9-11,16-18,25-27,30-35,39-42H,4-8,12-15,19-24,28-29H2,1-3H3/t30-,31?,32+,39?,40?,41?,42?/m0/s1. The van der Waals surface area contributed by atoms with Crippen LogP contribution in [0.1, 0.15) is 162 Å². The molecule has 6 aromatic rings. The predicted octanol–water partition coefficient (Wildman–Crippen LogP) is 8.31. The molecule has 0 radical (unpaired) electrons. The summed E-state index contributed by atoms with van der Waals surface area (Å²) in [5.74, 6) is 4.16. The second-order valence-corrected chi connectivity index (χ2v) is 21.4. The number of amides is 3. The van der Waals surface area contributed by atoms with E-state index >= 15 is 0 Å². The Morgan fingerprint density at radius 3 is 1.24 bits per heavy atom. The van der Waals surface area contributed by atoms with Crippen molar-refractivity contribution in [2.24, 2.45) is 23.7 Å². The lowest BCUT2D eigenvalue weighted by Gasteiger charge is -2.33. The maximum absolute atomic E-state index is 13.8. The van der Waals surface area contributed by atoms with Gasteiger partial charge in [0.1, 0.15) is 17.8 Å². The van der Waals surface area contributed by atoms with Gasteiger partial charge in [0.2, 0.25) is 52.9 Å². The molecule has 5 unspecified atom stereocenters. The van der Waals surface area contributed by atoms with Gasteiger partial charge in [-0.3, -0.25) is 29.3 Å². The molecule has 3 aliphatic heterocycles. The van der Waals surface area contributed by atoms with Gasteiger partial charge in [-0.25, -0.2) is 0 Å².